The third-order valence-corrected chi connectivity index (χ3v) is 11.5. The molecule has 1 aromatic carbocycles. The van der Waals surface area contributed by atoms with Crippen molar-refractivity contribution < 1.29 is 18.4 Å². The lowest BCUT2D eigenvalue weighted by molar-refractivity contribution is -0.00765. The first kappa shape index (κ1) is 29.0. The molecule has 236 valence electrons. The van der Waals surface area contributed by atoms with E-state index in [0.717, 1.165) is 47.7 Å². The summed E-state index contributed by atoms with van der Waals surface area (Å²) in [6.07, 6.45) is 7.26. The molecule has 9 rings (SSSR count). The number of anilines is 1. The number of primary amides is 1. The molecule has 0 radical (unpaired) electrons. The molecule has 4 aromatic heterocycles. The van der Waals surface area contributed by atoms with E-state index in [-0.39, 0.29) is 20.8 Å². The SMILES string of the molecule is Cc1c(-c2cc(C(F)F)nc3sc(C(N)=O)c(NC(=O)c4cn(-c5ccccc5)nc4C45CC6CC(CC(C6)C4)C5)c23)cnn1C. The molecule has 0 atom stereocenters. The normalized spacial score (nSPS) is 23.5. The lowest BCUT2D eigenvalue weighted by atomic mass is 9.48. The highest BCUT2D eigenvalue weighted by molar-refractivity contribution is 7.21. The number of nitrogens with zero attached hydrogens (tertiary/aromatic N) is 5. The Labute approximate surface area is 267 Å². The zero-order chi connectivity index (χ0) is 31.9. The van der Waals surface area contributed by atoms with Gasteiger partial charge in [0.15, 0.2) is 0 Å². The molecule has 12 heteroatoms. The summed E-state index contributed by atoms with van der Waals surface area (Å²) < 4.78 is 31.5. The second kappa shape index (κ2) is 10.5. The number of aryl methyl sites for hydroxylation is 1. The number of rotatable bonds is 7. The van der Waals surface area contributed by atoms with Gasteiger partial charge in [-0.25, -0.2) is 18.4 Å². The standard InChI is InChI=1S/C34H33F2N7O2S/c1-17-23(15-38-42(17)2)22-11-25(30(35)36)39-33-26(22)27(28(46-33)31(37)44)40-32(45)24-16-43(21-6-4-3-5-7-21)41-29(24)34-12-18-8-19(13-34)10-20(9-18)14-34/h3-7,11,15-16,18-20,30H,8-10,12-14H2,1-2H3,(H2,37,44)(H,40,45). The minimum atomic E-state index is -2.84. The topological polar surface area (TPSA) is 121 Å². The summed E-state index contributed by atoms with van der Waals surface area (Å²) in [6.45, 7) is 1.83. The molecule has 0 saturated heterocycles. The number of aromatic nitrogens is 5. The fourth-order valence-electron chi connectivity index (χ4n) is 8.72. The zero-order valence-electron chi connectivity index (χ0n) is 25.5. The number of nitrogens with two attached hydrogens (primary N) is 1. The number of nitrogens with one attached hydrogen (secondary N) is 1. The molecule has 4 bridgehead atoms. The van der Waals surface area contributed by atoms with Gasteiger partial charge in [-0.15, -0.1) is 11.3 Å². The van der Waals surface area contributed by atoms with Gasteiger partial charge in [-0.3, -0.25) is 14.3 Å². The van der Waals surface area contributed by atoms with E-state index in [0.29, 0.717) is 39.8 Å². The van der Waals surface area contributed by atoms with E-state index in [2.05, 4.69) is 15.4 Å². The smallest absolute Gasteiger partial charge is 0.280 e. The number of para-hydroxylation sites is 1. The molecule has 4 heterocycles. The van der Waals surface area contributed by atoms with Crippen LogP contribution >= 0.6 is 11.3 Å². The second-order valence-electron chi connectivity index (χ2n) is 13.3. The van der Waals surface area contributed by atoms with Gasteiger partial charge in [-0.2, -0.15) is 10.2 Å². The van der Waals surface area contributed by atoms with Crippen molar-refractivity contribution in [2.45, 2.75) is 57.3 Å². The van der Waals surface area contributed by atoms with Crippen LogP contribution < -0.4 is 11.1 Å². The van der Waals surface area contributed by atoms with Gasteiger partial charge in [0.2, 0.25) is 0 Å². The Balaban J connectivity index is 1.29. The molecular weight excluding hydrogens is 608 g/mol. The van der Waals surface area contributed by atoms with Crippen molar-refractivity contribution in [3.63, 3.8) is 0 Å². The van der Waals surface area contributed by atoms with Gasteiger partial charge in [0.05, 0.1) is 28.8 Å². The Morgan fingerprint density at radius 1 is 1.07 bits per heavy atom. The highest BCUT2D eigenvalue weighted by Gasteiger charge is 2.54. The van der Waals surface area contributed by atoms with Crippen LogP contribution in [0.5, 0.6) is 0 Å². The van der Waals surface area contributed by atoms with Crippen LogP contribution in [0.2, 0.25) is 0 Å². The number of hydrogen-bond donors (Lipinski definition) is 2. The Morgan fingerprint density at radius 3 is 2.33 bits per heavy atom. The number of pyridine rings is 1. The average Bonchev–Trinajstić information content (AvgIpc) is 3.73. The molecule has 9 nitrogen and oxygen atoms in total. The average molecular weight is 642 g/mol. The van der Waals surface area contributed by atoms with Crippen LogP contribution in [0.25, 0.3) is 27.0 Å². The number of fused-ring (bicyclic) bond motifs is 1. The first-order valence-electron chi connectivity index (χ1n) is 15.6. The maximum Gasteiger partial charge on any atom is 0.280 e. The molecular formula is C34H33F2N7O2S. The molecule has 5 aromatic rings. The molecule has 4 aliphatic rings. The van der Waals surface area contributed by atoms with Crippen molar-refractivity contribution in [1.29, 1.82) is 0 Å². The van der Waals surface area contributed by atoms with Gasteiger partial charge >= 0.3 is 0 Å². The van der Waals surface area contributed by atoms with Crippen LogP contribution in [0.3, 0.4) is 0 Å². The van der Waals surface area contributed by atoms with E-state index in [1.807, 2.05) is 37.3 Å². The van der Waals surface area contributed by atoms with E-state index in [9.17, 15) is 18.4 Å². The molecule has 3 N–H and O–H groups in total. The Bertz CT molecular complexity index is 1990. The van der Waals surface area contributed by atoms with E-state index < -0.39 is 23.9 Å². The first-order chi connectivity index (χ1) is 22.1. The van der Waals surface area contributed by atoms with Crippen LogP contribution in [-0.4, -0.2) is 36.4 Å². The quantitative estimate of drug-likeness (QED) is 0.199. The Hall–Kier alpha value is -4.45. The molecule has 2 amide bonds. The molecule has 4 fully saturated rings. The summed E-state index contributed by atoms with van der Waals surface area (Å²) in [7, 11) is 1.76. The fraction of sp³-hybridized carbons (Fsp3) is 0.382. The predicted octanol–water partition coefficient (Wildman–Crippen LogP) is 6.95. The monoisotopic (exact) mass is 641 g/mol. The van der Waals surface area contributed by atoms with Gasteiger partial charge < -0.3 is 11.1 Å². The maximum absolute atomic E-state index is 14.5. The second-order valence-corrected chi connectivity index (χ2v) is 14.3. The molecule has 0 unspecified atom stereocenters. The van der Waals surface area contributed by atoms with Crippen LogP contribution in [0.4, 0.5) is 14.5 Å². The van der Waals surface area contributed by atoms with Crippen molar-refractivity contribution in [3.05, 3.63) is 76.3 Å². The van der Waals surface area contributed by atoms with E-state index >= 15 is 0 Å². The number of halogens is 2. The third kappa shape index (κ3) is 4.56. The molecule has 0 aliphatic heterocycles. The molecule has 4 saturated carbocycles. The summed E-state index contributed by atoms with van der Waals surface area (Å²) in [4.78, 5) is 31.7. The summed E-state index contributed by atoms with van der Waals surface area (Å²) >= 11 is 0.894. The molecule has 46 heavy (non-hydrogen) atoms. The fourth-order valence-corrected chi connectivity index (χ4v) is 9.74. The number of benzene rings is 1. The van der Waals surface area contributed by atoms with Crippen molar-refractivity contribution in [2.75, 3.05) is 5.32 Å². The number of carbonyl (C=O) groups excluding carboxylic acids is 2. The summed E-state index contributed by atoms with van der Waals surface area (Å²) in [5.74, 6) is 0.680. The number of carbonyl (C=O) groups is 2. The Morgan fingerprint density at radius 2 is 1.74 bits per heavy atom. The van der Waals surface area contributed by atoms with Crippen molar-refractivity contribution >= 4 is 39.1 Å². The Kier molecular flexibility index (Phi) is 6.65. The molecule has 0 spiro atoms. The van der Waals surface area contributed by atoms with Crippen molar-refractivity contribution in [2.24, 2.45) is 30.5 Å². The summed E-state index contributed by atoms with van der Waals surface area (Å²) in [5.41, 5.74) is 9.14. The molecule has 4 aliphatic carbocycles. The van der Waals surface area contributed by atoms with Crippen LogP contribution in [0.1, 0.15) is 82.1 Å². The van der Waals surface area contributed by atoms with Gasteiger partial charge in [0.1, 0.15) is 15.4 Å². The van der Waals surface area contributed by atoms with E-state index in [1.165, 1.54) is 25.3 Å². The lowest BCUT2D eigenvalue weighted by Gasteiger charge is -2.56. The number of hydrogen-bond acceptors (Lipinski definition) is 6. The third-order valence-electron chi connectivity index (χ3n) is 10.4. The van der Waals surface area contributed by atoms with Crippen molar-refractivity contribution in [1.82, 2.24) is 24.5 Å². The van der Waals surface area contributed by atoms with Gasteiger partial charge in [-0.1, -0.05) is 18.2 Å². The highest BCUT2D eigenvalue weighted by atomic mass is 32.1. The minimum absolute atomic E-state index is 0.0388. The van der Waals surface area contributed by atoms with Crippen LogP contribution in [-0.2, 0) is 12.5 Å². The van der Waals surface area contributed by atoms with E-state index in [4.69, 9.17) is 10.8 Å². The summed E-state index contributed by atoms with van der Waals surface area (Å²) in [6, 6.07) is 11.0. The summed E-state index contributed by atoms with van der Waals surface area (Å²) in [5, 5.41) is 12.8. The van der Waals surface area contributed by atoms with Gasteiger partial charge in [0, 0.05) is 35.3 Å². The van der Waals surface area contributed by atoms with Gasteiger partial charge in [0.25, 0.3) is 18.2 Å². The number of amides is 2. The highest BCUT2D eigenvalue weighted by Crippen LogP contribution is 2.61. The zero-order valence-corrected chi connectivity index (χ0v) is 26.3. The number of thiophene rings is 1. The largest absolute Gasteiger partial charge is 0.365 e. The first-order valence-corrected chi connectivity index (χ1v) is 16.4. The number of alkyl halides is 2. The minimum Gasteiger partial charge on any atom is -0.365 e. The van der Waals surface area contributed by atoms with E-state index in [1.54, 1.807) is 28.8 Å². The maximum atomic E-state index is 14.5. The van der Waals surface area contributed by atoms with Crippen molar-refractivity contribution in [3.8, 4) is 16.8 Å². The van der Waals surface area contributed by atoms with Gasteiger partial charge in [-0.05, 0) is 87.0 Å². The van der Waals surface area contributed by atoms with Crippen LogP contribution in [0.15, 0.2) is 48.8 Å². The predicted molar refractivity (Wildman–Crippen MR) is 171 cm³/mol. The van der Waals surface area contributed by atoms with Crippen LogP contribution in [0, 0.1) is 24.7 Å². The lowest BCUT2D eigenvalue weighted by Crippen LogP contribution is -2.49.